The number of nitrogens with one attached hydrogen (secondary N) is 1. The molecule has 23 heavy (non-hydrogen) atoms. The van der Waals surface area contributed by atoms with Crippen molar-refractivity contribution in [3.8, 4) is 0 Å². The smallest absolute Gasteiger partial charge is 0.243 e. The lowest BCUT2D eigenvalue weighted by molar-refractivity contribution is -0.137. The van der Waals surface area contributed by atoms with Crippen LogP contribution in [0.1, 0.15) is 12.0 Å². The lowest BCUT2D eigenvalue weighted by Crippen LogP contribution is -2.51. The lowest BCUT2D eigenvalue weighted by Gasteiger charge is -2.34. The Labute approximate surface area is 135 Å². The maximum absolute atomic E-state index is 12.5. The van der Waals surface area contributed by atoms with E-state index in [9.17, 15) is 18.0 Å². The minimum absolute atomic E-state index is 0.201. The molecule has 0 atom stereocenters. The first kappa shape index (κ1) is 17.4. The molecule has 1 fully saturated rings. The Kier molecular flexibility index (Phi) is 5.34. The van der Waals surface area contributed by atoms with E-state index < -0.39 is 15.9 Å². The highest BCUT2D eigenvalue weighted by atomic mass is 32.2. The zero-order valence-corrected chi connectivity index (χ0v) is 13.7. The van der Waals surface area contributed by atoms with E-state index in [4.69, 9.17) is 5.84 Å². The molecule has 1 aliphatic heterocycles. The Balaban J connectivity index is 1.99. The van der Waals surface area contributed by atoms with E-state index >= 15 is 0 Å². The van der Waals surface area contributed by atoms with Crippen LogP contribution < -0.4 is 11.3 Å². The van der Waals surface area contributed by atoms with Crippen LogP contribution >= 0.6 is 0 Å². The summed E-state index contributed by atoms with van der Waals surface area (Å²) < 4.78 is 26.4. The average molecular weight is 340 g/mol. The van der Waals surface area contributed by atoms with E-state index in [0.29, 0.717) is 0 Å². The van der Waals surface area contributed by atoms with E-state index in [-0.39, 0.29) is 43.4 Å². The second kappa shape index (κ2) is 7.07. The van der Waals surface area contributed by atoms with Gasteiger partial charge in [0.15, 0.2) is 0 Å². The van der Waals surface area contributed by atoms with Crippen LogP contribution in [0, 0.1) is 6.92 Å². The maximum atomic E-state index is 12.5. The van der Waals surface area contributed by atoms with Gasteiger partial charge in [0, 0.05) is 26.2 Å². The Morgan fingerprint density at radius 1 is 1.13 bits per heavy atom. The van der Waals surface area contributed by atoms with Crippen LogP contribution in [-0.4, -0.2) is 55.6 Å². The zero-order valence-electron chi connectivity index (χ0n) is 12.9. The third-order valence-electron chi connectivity index (χ3n) is 3.72. The van der Waals surface area contributed by atoms with E-state index in [1.54, 1.807) is 24.3 Å². The third kappa shape index (κ3) is 4.06. The lowest BCUT2D eigenvalue weighted by atomic mass is 10.2. The quantitative estimate of drug-likeness (QED) is 0.323. The summed E-state index contributed by atoms with van der Waals surface area (Å²) in [5.41, 5.74) is 2.89. The molecule has 0 radical (unpaired) electrons. The van der Waals surface area contributed by atoms with Crippen LogP contribution in [0.5, 0.6) is 0 Å². The van der Waals surface area contributed by atoms with Gasteiger partial charge in [-0.05, 0) is 19.1 Å². The molecule has 1 aromatic carbocycles. The van der Waals surface area contributed by atoms with Crippen LogP contribution in [-0.2, 0) is 19.6 Å². The molecule has 8 nitrogen and oxygen atoms in total. The first-order chi connectivity index (χ1) is 10.8. The van der Waals surface area contributed by atoms with E-state index in [1.807, 2.05) is 12.3 Å². The molecular weight excluding hydrogens is 320 g/mol. The molecule has 2 amide bonds. The Bertz CT molecular complexity index is 679. The summed E-state index contributed by atoms with van der Waals surface area (Å²) in [7, 11) is -3.56. The van der Waals surface area contributed by atoms with Crippen LogP contribution in [0.3, 0.4) is 0 Å². The van der Waals surface area contributed by atoms with Gasteiger partial charge in [0.05, 0.1) is 4.90 Å². The summed E-state index contributed by atoms with van der Waals surface area (Å²) in [6, 6.07) is 6.65. The predicted molar refractivity (Wildman–Crippen MR) is 83.5 cm³/mol. The van der Waals surface area contributed by atoms with E-state index in [0.717, 1.165) is 5.56 Å². The van der Waals surface area contributed by atoms with Gasteiger partial charge in [-0.3, -0.25) is 15.0 Å². The van der Waals surface area contributed by atoms with E-state index in [2.05, 4.69) is 0 Å². The molecule has 0 aliphatic carbocycles. The topological polar surface area (TPSA) is 113 Å². The number of sulfonamides is 1. The Hall–Kier alpha value is -1.97. The molecule has 0 unspecified atom stereocenters. The van der Waals surface area contributed by atoms with Crippen LogP contribution in [0.25, 0.3) is 0 Å². The number of aryl methyl sites for hydroxylation is 1. The molecule has 0 aromatic heterocycles. The molecule has 126 valence electrons. The normalized spacial score (nSPS) is 16.2. The number of nitrogens with zero attached hydrogens (tertiary/aromatic N) is 2. The number of nitrogens with two attached hydrogens (primary N) is 1. The van der Waals surface area contributed by atoms with Crippen LogP contribution in [0.4, 0.5) is 0 Å². The molecular formula is C14H20N4O4S. The summed E-state index contributed by atoms with van der Waals surface area (Å²) in [5, 5.41) is 0. The summed E-state index contributed by atoms with van der Waals surface area (Å²) >= 11 is 0. The van der Waals surface area contributed by atoms with Gasteiger partial charge in [-0.25, -0.2) is 14.3 Å². The van der Waals surface area contributed by atoms with Crippen molar-refractivity contribution in [2.75, 3.05) is 26.2 Å². The molecule has 3 N–H and O–H groups in total. The average Bonchev–Trinajstić information content (AvgIpc) is 2.55. The van der Waals surface area contributed by atoms with Crippen molar-refractivity contribution >= 4 is 21.8 Å². The van der Waals surface area contributed by atoms with Gasteiger partial charge in [0.25, 0.3) is 0 Å². The summed E-state index contributed by atoms with van der Waals surface area (Å²) in [6.45, 7) is 2.79. The fourth-order valence-corrected chi connectivity index (χ4v) is 3.76. The zero-order chi connectivity index (χ0) is 17.0. The number of rotatable bonds is 4. The van der Waals surface area contributed by atoms with Gasteiger partial charge in [0.2, 0.25) is 21.8 Å². The molecule has 9 heteroatoms. The van der Waals surface area contributed by atoms with Gasteiger partial charge in [-0.1, -0.05) is 17.7 Å². The van der Waals surface area contributed by atoms with Gasteiger partial charge >= 0.3 is 0 Å². The molecule has 0 saturated carbocycles. The van der Waals surface area contributed by atoms with Crippen molar-refractivity contribution in [1.29, 1.82) is 0 Å². The number of piperazine rings is 1. The number of amides is 2. The molecule has 2 rings (SSSR count). The predicted octanol–water partition coefficient (Wildman–Crippen LogP) is -0.792. The van der Waals surface area contributed by atoms with Crippen molar-refractivity contribution < 1.29 is 18.0 Å². The number of hydrogen-bond donors (Lipinski definition) is 2. The fourth-order valence-electron chi connectivity index (χ4n) is 2.34. The number of carbonyl (C=O) groups is 2. The van der Waals surface area contributed by atoms with Crippen molar-refractivity contribution in [3.05, 3.63) is 29.8 Å². The van der Waals surface area contributed by atoms with Gasteiger partial charge in [0.1, 0.15) is 6.42 Å². The van der Waals surface area contributed by atoms with E-state index in [1.165, 1.54) is 9.21 Å². The van der Waals surface area contributed by atoms with Gasteiger partial charge in [-0.15, -0.1) is 0 Å². The summed E-state index contributed by atoms with van der Waals surface area (Å²) in [6.07, 6.45) is -0.332. The highest BCUT2D eigenvalue weighted by Crippen LogP contribution is 2.18. The minimum atomic E-state index is -3.56. The Morgan fingerprint density at radius 2 is 1.70 bits per heavy atom. The summed E-state index contributed by atoms with van der Waals surface area (Å²) in [5.74, 6) is 4.02. The van der Waals surface area contributed by atoms with Crippen LogP contribution in [0.15, 0.2) is 29.2 Å². The molecule has 1 heterocycles. The monoisotopic (exact) mass is 340 g/mol. The fraction of sp³-hybridized carbons (Fsp3) is 0.429. The first-order valence-corrected chi connectivity index (χ1v) is 8.62. The minimum Gasteiger partial charge on any atom is -0.340 e. The first-order valence-electron chi connectivity index (χ1n) is 7.18. The molecule has 1 aliphatic rings. The van der Waals surface area contributed by atoms with Crippen molar-refractivity contribution in [3.63, 3.8) is 0 Å². The van der Waals surface area contributed by atoms with Crippen molar-refractivity contribution in [2.24, 2.45) is 5.84 Å². The maximum Gasteiger partial charge on any atom is 0.243 e. The molecule has 0 bridgehead atoms. The number of hydrogen-bond acceptors (Lipinski definition) is 5. The third-order valence-corrected chi connectivity index (χ3v) is 5.64. The SMILES string of the molecule is Cc1ccc(S(=O)(=O)N2CCN(C(=O)CC(=O)NN)CC2)cc1. The number of hydrazine groups is 1. The Morgan fingerprint density at radius 3 is 2.22 bits per heavy atom. The van der Waals surface area contributed by atoms with Gasteiger partial charge < -0.3 is 4.90 Å². The standard InChI is InChI=1S/C14H20N4O4S/c1-11-2-4-12(5-3-11)23(21,22)18-8-6-17(7-9-18)14(20)10-13(19)16-15/h2-5H,6-10,15H2,1H3,(H,16,19). The molecule has 1 aromatic rings. The van der Waals surface area contributed by atoms with Crippen molar-refractivity contribution in [1.82, 2.24) is 14.6 Å². The molecule has 1 saturated heterocycles. The summed E-state index contributed by atoms with van der Waals surface area (Å²) in [4.78, 5) is 24.7. The highest BCUT2D eigenvalue weighted by molar-refractivity contribution is 7.89. The highest BCUT2D eigenvalue weighted by Gasteiger charge is 2.30. The number of carbonyl (C=O) groups excluding carboxylic acids is 2. The largest absolute Gasteiger partial charge is 0.340 e. The van der Waals surface area contributed by atoms with Gasteiger partial charge in [-0.2, -0.15) is 4.31 Å². The van der Waals surface area contributed by atoms with Crippen LogP contribution in [0.2, 0.25) is 0 Å². The second-order valence-electron chi connectivity index (χ2n) is 5.34. The van der Waals surface area contributed by atoms with Crippen molar-refractivity contribution in [2.45, 2.75) is 18.2 Å². The number of benzene rings is 1. The second-order valence-corrected chi connectivity index (χ2v) is 7.28. The molecule has 0 spiro atoms.